The summed E-state index contributed by atoms with van der Waals surface area (Å²) in [6, 6.07) is 18.5. The number of nitrogens with one attached hydrogen (secondary N) is 1. The molecule has 1 atom stereocenters. The second-order valence-electron chi connectivity index (χ2n) is 11.2. The van der Waals surface area contributed by atoms with Crippen LogP contribution in [0.5, 0.6) is 0 Å². The van der Waals surface area contributed by atoms with Crippen LogP contribution in [-0.2, 0) is 26.2 Å². The second kappa shape index (κ2) is 13.7. The molecule has 1 fully saturated rings. The van der Waals surface area contributed by atoms with Crippen LogP contribution in [0.25, 0.3) is 0 Å². The van der Waals surface area contributed by atoms with Crippen molar-refractivity contribution < 1.29 is 18.0 Å². The van der Waals surface area contributed by atoms with Crippen LogP contribution in [-0.4, -0.2) is 43.8 Å². The van der Waals surface area contributed by atoms with E-state index in [1.54, 1.807) is 55.5 Å². The number of anilines is 1. The Morgan fingerprint density at radius 3 is 2.24 bits per heavy atom. The van der Waals surface area contributed by atoms with Gasteiger partial charge in [0.25, 0.3) is 10.0 Å². The molecule has 2 amide bonds. The van der Waals surface area contributed by atoms with Gasteiger partial charge < -0.3 is 10.2 Å². The van der Waals surface area contributed by atoms with Gasteiger partial charge in [-0.2, -0.15) is 0 Å². The SMILES string of the molecule is Cc1ccc(S(=O)(=O)N(CC(=O)N(Cc2ccccc2Cl)[C@@H](C)C(=O)NC2CCCCC2)c2cc(C)ccc2C)cc1. The van der Waals surface area contributed by atoms with Crippen LogP contribution in [0.1, 0.15) is 61.3 Å². The lowest BCUT2D eigenvalue weighted by Crippen LogP contribution is -2.53. The highest BCUT2D eigenvalue weighted by atomic mass is 35.5. The number of benzene rings is 3. The van der Waals surface area contributed by atoms with E-state index in [9.17, 15) is 18.0 Å². The average Bonchev–Trinajstić information content (AvgIpc) is 2.97. The van der Waals surface area contributed by atoms with E-state index >= 15 is 0 Å². The molecule has 42 heavy (non-hydrogen) atoms. The Balaban J connectivity index is 1.72. The van der Waals surface area contributed by atoms with Gasteiger partial charge in [0.15, 0.2) is 0 Å². The van der Waals surface area contributed by atoms with E-state index < -0.39 is 28.5 Å². The summed E-state index contributed by atoms with van der Waals surface area (Å²) in [5.41, 5.74) is 3.59. The molecular weight excluding hydrogens is 570 g/mol. The van der Waals surface area contributed by atoms with E-state index in [-0.39, 0.29) is 23.4 Å². The van der Waals surface area contributed by atoms with E-state index in [2.05, 4.69) is 5.32 Å². The van der Waals surface area contributed by atoms with Gasteiger partial charge in [-0.05, 0) is 81.5 Å². The molecule has 0 unspecified atom stereocenters. The maximum atomic E-state index is 14.2. The highest BCUT2D eigenvalue weighted by molar-refractivity contribution is 7.92. The van der Waals surface area contributed by atoms with Crippen molar-refractivity contribution in [1.82, 2.24) is 10.2 Å². The highest BCUT2D eigenvalue weighted by Gasteiger charge is 2.34. The van der Waals surface area contributed by atoms with Gasteiger partial charge in [-0.15, -0.1) is 0 Å². The van der Waals surface area contributed by atoms with E-state index in [0.717, 1.165) is 47.5 Å². The number of carbonyl (C=O) groups is 2. The second-order valence-corrected chi connectivity index (χ2v) is 13.5. The van der Waals surface area contributed by atoms with Gasteiger partial charge in [-0.3, -0.25) is 13.9 Å². The van der Waals surface area contributed by atoms with Crippen molar-refractivity contribution in [2.45, 2.75) is 83.3 Å². The molecule has 0 aromatic heterocycles. The molecule has 4 rings (SSSR count). The number of hydrogen-bond donors (Lipinski definition) is 1. The zero-order valence-corrected chi connectivity index (χ0v) is 26.3. The van der Waals surface area contributed by atoms with Crippen LogP contribution in [0.2, 0.25) is 5.02 Å². The largest absolute Gasteiger partial charge is 0.352 e. The number of halogens is 1. The molecule has 0 saturated heterocycles. The number of rotatable bonds is 10. The maximum Gasteiger partial charge on any atom is 0.264 e. The Morgan fingerprint density at radius 2 is 1.57 bits per heavy atom. The van der Waals surface area contributed by atoms with Gasteiger partial charge in [0.05, 0.1) is 10.6 Å². The van der Waals surface area contributed by atoms with Crippen molar-refractivity contribution in [3.8, 4) is 0 Å². The van der Waals surface area contributed by atoms with Crippen LogP contribution < -0.4 is 9.62 Å². The molecule has 7 nitrogen and oxygen atoms in total. The third-order valence-electron chi connectivity index (χ3n) is 7.94. The average molecular weight is 610 g/mol. The molecule has 1 aliphatic rings. The molecule has 0 spiro atoms. The summed E-state index contributed by atoms with van der Waals surface area (Å²) >= 11 is 6.47. The number of amides is 2. The van der Waals surface area contributed by atoms with Crippen LogP contribution in [0, 0.1) is 20.8 Å². The Morgan fingerprint density at radius 1 is 0.929 bits per heavy atom. The fourth-order valence-electron chi connectivity index (χ4n) is 5.30. The summed E-state index contributed by atoms with van der Waals surface area (Å²) in [5.74, 6) is -0.764. The van der Waals surface area contributed by atoms with E-state index in [4.69, 9.17) is 11.6 Å². The molecule has 9 heteroatoms. The first-order valence-corrected chi connectivity index (χ1v) is 16.3. The summed E-state index contributed by atoms with van der Waals surface area (Å²) in [7, 11) is -4.13. The van der Waals surface area contributed by atoms with Crippen LogP contribution in [0.15, 0.2) is 71.6 Å². The predicted octanol–water partition coefficient (Wildman–Crippen LogP) is 6.33. The summed E-state index contributed by atoms with van der Waals surface area (Å²) in [5, 5.41) is 3.59. The van der Waals surface area contributed by atoms with Gasteiger partial charge in [-0.1, -0.05) is 78.9 Å². The number of sulfonamides is 1. The lowest BCUT2D eigenvalue weighted by Gasteiger charge is -2.33. The van der Waals surface area contributed by atoms with Gasteiger partial charge in [0.1, 0.15) is 12.6 Å². The Hall–Kier alpha value is -3.36. The smallest absolute Gasteiger partial charge is 0.264 e. The van der Waals surface area contributed by atoms with Crippen molar-refractivity contribution in [3.63, 3.8) is 0 Å². The molecule has 3 aromatic rings. The fourth-order valence-corrected chi connectivity index (χ4v) is 6.97. The quantitative estimate of drug-likeness (QED) is 0.291. The van der Waals surface area contributed by atoms with Gasteiger partial charge in [0, 0.05) is 17.6 Å². The standard InChI is InChI=1S/C33H40ClN3O4S/c1-23-15-18-29(19-16-23)42(40,41)37(31-20-24(2)14-17-25(31)3)22-32(38)36(21-27-10-8-9-13-30(27)34)26(4)33(39)35-28-11-6-5-7-12-28/h8-10,13-20,26,28H,5-7,11-12,21-22H2,1-4H3,(H,35,39)/t26-/m0/s1. The molecule has 1 aliphatic carbocycles. The van der Waals surface area contributed by atoms with E-state index in [0.29, 0.717) is 21.8 Å². The molecule has 0 aliphatic heterocycles. The first-order chi connectivity index (χ1) is 20.0. The third-order valence-corrected chi connectivity index (χ3v) is 10.1. The molecule has 0 heterocycles. The third kappa shape index (κ3) is 7.53. The molecule has 0 bridgehead atoms. The first kappa shape index (κ1) is 31.6. The number of aryl methyl sites for hydroxylation is 3. The number of carbonyl (C=O) groups excluding carboxylic acids is 2. The Bertz CT molecular complexity index is 1520. The van der Waals surface area contributed by atoms with Crippen LogP contribution in [0.4, 0.5) is 5.69 Å². The monoisotopic (exact) mass is 609 g/mol. The molecular formula is C33H40ClN3O4S. The van der Waals surface area contributed by atoms with Gasteiger partial charge in [-0.25, -0.2) is 8.42 Å². The van der Waals surface area contributed by atoms with Crippen molar-refractivity contribution in [1.29, 1.82) is 0 Å². The summed E-state index contributed by atoms with van der Waals surface area (Å²) in [6.07, 6.45) is 5.09. The van der Waals surface area contributed by atoms with Crippen LogP contribution in [0.3, 0.4) is 0 Å². The van der Waals surface area contributed by atoms with Crippen molar-refractivity contribution in [2.24, 2.45) is 0 Å². The van der Waals surface area contributed by atoms with Crippen LogP contribution >= 0.6 is 11.6 Å². The fraction of sp³-hybridized carbons (Fsp3) is 0.394. The van der Waals surface area contributed by atoms with Crippen molar-refractivity contribution >= 4 is 39.1 Å². The number of hydrogen-bond acceptors (Lipinski definition) is 4. The predicted molar refractivity (Wildman–Crippen MR) is 168 cm³/mol. The van der Waals surface area contributed by atoms with Crippen molar-refractivity contribution in [2.75, 3.05) is 10.8 Å². The van der Waals surface area contributed by atoms with Crippen molar-refractivity contribution in [3.05, 3.63) is 94.0 Å². The highest BCUT2D eigenvalue weighted by Crippen LogP contribution is 2.29. The number of nitrogens with zero attached hydrogens (tertiary/aromatic N) is 2. The summed E-state index contributed by atoms with van der Waals surface area (Å²) < 4.78 is 29.4. The summed E-state index contributed by atoms with van der Waals surface area (Å²) in [6.45, 7) is 6.84. The molecule has 0 radical (unpaired) electrons. The zero-order chi connectivity index (χ0) is 30.4. The normalized spacial score (nSPS) is 14.7. The minimum Gasteiger partial charge on any atom is -0.352 e. The molecule has 1 saturated carbocycles. The minimum absolute atomic E-state index is 0.0585. The summed E-state index contributed by atoms with van der Waals surface area (Å²) in [4.78, 5) is 29.2. The Labute approximate surface area is 254 Å². The van der Waals surface area contributed by atoms with E-state index in [1.807, 2.05) is 39.0 Å². The first-order valence-electron chi connectivity index (χ1n) is 14.5. The lowest BCUT2D eigenvalue weighted by atomic mass is 9.95. The maximum absolute atomic E-state index is 14.2. The molecule has 1 N–H and O–H groups in total. The minimum atomic E-state index is -4.13. The lowest BCUT2D eigenvalue weighted by molar-refractivity contribution is -0.139. The van der Waals surface area contributed by atoms with Gasteiger partial charge >= 0.3 is 0 Å². The zero-order valence-electron chi connectivity index (χ0n) is 24.8. The van der Waals surface area contributed by atoms with Gasteiger partial charge in [0.2, 0.25) is 11.8 Å². The molecule has 3 aromatic carbocycles. The Kier molecular flexibility index (Phi) is 10.3. The molecule has 224 valence electrons. The topological polar surface area (TPSA) is 86.8 Å². The van der Waals surface area contributed by atoms with E-state index in [1.165, 1.54) is 4.90 Å².